The van der Waals surface area contributed by atoms with Gasteiger partial charge < -0.3 is 14.7 Å². The van der Waals surface area contributed by atoms with Crippen molar-refractivity contribution in [3.8, 4) is 0 Å². The van der Waals surface area contributed by atoms with Gasteiger partial charge in [0, 0.05) is 0 Å². The summed E-state index contributed by atoms with van der Waals surface area (Å²) in [7, 11) is 0. The lowest BCUT2D eigenvalue weighted by Gasteiger charge is -2.13. The van der Waals surface area contributed by atoms with E-state index in [1.165, 1.54) is 0 Å². The number of nitrogens with one attached hydrogen (secondary N) is 2. The minimum absolute atomic E-state index is 0.182. The molecular formula is C12H10BrF3N2O3. The zero-order valence-corrected chi connectivity index (χ0v) is 12.0. The Hall–Kier alpha value is -1.61. The van der Waals surface area contributed by atoms with Crippen LogP contribution in [0, 0.1) is 0 Å². The lowest BCUT2D eigenvalue weighted by molar-refractivity contribution is -0.173. The zero-order chi connectivity index (χ0) is 15.6. The maximum Gasteiger partial charge on any atom is 0.411 e. The zero-order valence-electron chi connectivity index (χ0n) is 10.5. The van der Waals surface area contributed by atoms with Crippen LogP contribution in [0.25, 0.3) is 11.0 Å². The molecule has 1 heterocycles. The van der Waals surface area contributed by atoms with Crippen LogP contribution >= 0.6 is 15.9 Å². The molecule has 21 heavy (non-hydrogen) atoms. The van der Waals surface area contributed by atoms with Gasteiger partial charge in [0.15, 0.2) is 0 Å². The van der Waals surface area contributed by atoms with Gasteiger partial charge in [-0.1, -0.05) is 22.0 Å². The molecule has 1 unspecified atom stereocenters. The van der Waals surface area contributed by atoms with Crippen molar-refractivity contribution >= 4 is 27.0 Å². The summed E-state index contributed by atoms with van der Waals surface area (Å²) in [5, 5.41) is 0. The van der Waals surface area contributed by atoms with Crippen molar-refractivity contribution in [3.05, 3.63) is 44.5 Å². The van der Waals surface area contributed by atoms with Crippen LogP contribution in [0.1, 0.15) is 10.4 Å². The van der Waals surface area contributed by atoms with Gasteiger partial charge in [-0.2, -0.15) is 13.2 Å². The molecule has 0 radical (unpaired) electrons. The normalized spacial score (nSPS) is 13.5. The number of H-pyrrole nitrogens is 2. The number of benzene rings is 1. The minimum Gasteiger partial charge on any atom is -0.371 e. The Balaban J connectivity index is 2.16. The van der Waals surface area contributed by atoms with Crippen molar-refractivity contribution in [3.63, 3.8) is 0 Å². The molecule has 9 heteroatoms. The van der Waals surface area contributed by atoms with Crippen molar-refractivity contribution < 1.29 is 17.9 Å². The summed E-state index contributed by atoms with van der Waals surface area (Å²) in [6.45, 7) is -1.51. The second kappa shape index (κ2) is 6.02. The molecule has 1 aromatic carbocycles. The van der Waals surface area contributed by atoms with Crippen molar-refractivity contribution in [2.45, 2.75) is 11.0 Å². The molecule has 0 spiro atoms. The van der Waals surface area contributed by atoms with E-state index in [9.17, 15) is 22.8 Å². The van der Waals surface area contributed by atoms with E-state index in [2.05, 4.69) is 30.6 Å². The summed E-state index contributed by atoms with van der Waals surface area (Å²) in [6, 6.07) is 4.73. The van der Waals surface area contributed by atoms with Crippen LogP contribution in [0.3, 0.4) is 0 Å². The first-order valence-corrected chi connectivity index (χ1v) is 6.72. The Labute approximate surface area is 124 Å². The van der Waals surface area contributed by atoms with Crippen LogP contribution in [0.4, 0.5) is 13.2 Å². The van der Waals surface area contributed by atoms with E-state index < -0.39 is 28.7 Å². The number of ether oxygens (including phenoxy) is 1. The van der Waals surface area contributed by atoms with Crippen LogP contribution in [0.2, 0.25) is 0 Å². The third-order valence-corrected chi connectivity index (χ3v) is 3.43. The largest absolute Gasteiger partial charge is 0.411 e. The monoisotopic (exact) mass is 366 g/mol. The molecule has 0 saturated carbocycles. The molecule has 2 aromatic rings. The van der Waals surface area contributed by atoms with Crippen molar-refractivity contribution in [1.82, 2.24) is 9.97 Å². The number of hydrogen-bond acceptors (Lipinski definition) is 3. The third kappa shape index (κ3) is 4.18. The Morgan fingerprint density at radius 2 is 1.76 bits per heavy atom. The Morgan fingerprint density at radius 3 is 2.38 bits per heavy atom. The molecule has 0 aliphatic heterocycles. The number of halogens is 4. The molecule has 0 bridgehead atoms. The van der Waals surface area contributed by atoms with E-state index in [1.807, 2.05) is 0 Å². The maximum atomic E-state index is 12.0. The highest BCUT2D eigenvalue weighted by molar-refractivity contribution is 9.09. The van der Waals surface area contributed by atoms with E-state index >= 15 is 0 Å². The van der Waals surface area contributed by atoms with Crippen molar-refractivity contribution in [1.29, 1.82) is 0 Å². The molecule has 2 rings (SSSR count). The Morgan fingerprint density at radius 1 is 1.14 bits per heavy atom. The number of alkyl halides is 4. The summed E-state index contributed by atoms with van der Waals surface area (Å²) >= 11 is 3.22. The third-order valence-electron chi connectivity index (χ3n) is 2.64. The van der Waals surface area contributed by atoms with Gasteiger partial charge in [0.05, 0.1) is 22.5 Å². The highest BCUT2D eigenvalue weighted by atomic mass is 79.9. The van der Waals surface area contributed by atoms with Gasteiger partial charge >= 0.3 is 17.3 Å². The van der Waals surface area contributed by atoms with Crippen LogP contribution < -0.4 is 11.1 Å². The summed E-state index contributed by atoms with van der Waals surface area (Å²) in [6.07, 6.45) is -4.37. The van der Waals surface area contributed by atoms with Crippen molar-refractivity contribution in [2.24, 2.45) is 0 Å². The molecule has 0 fully saturated rings. The topological polar surface area (TPSA) is 75.0 Å². The molecule has 1 atom stereocenters. The second-order valence-electron chi connectivity index (χ2n) is 4.31. The van der Waals surface area contributed by atoms with Crippen LogP contribution in [-0.4, -0.2) is 29.4 Å². The molecule has 5 nitrogen and oxygen atoms in total. The molecular weight excluding hydrogens is 357 g/mol. The lowest BCUT2D eigenvalue weighted by atomic mass is 10.1. The molecule has 0 aliphatic carbocycles. The molecule has 0 saturated heterocycles. The minimum atomic E-state index is -4.37. The van der Waals surface area contributed by atoms with Crippen LogP contribution in [0.5, 0.6) is 0 Å². The van der Waals surface area contributed by atoms with E-state index in [-0.39, 0.29) is 6.61 Å². The van der Waals surface area contributed by atoms with Gasteiger partial charge in [-0.05, 0) is 17.7 Å². The van der Waals surface area contributed by atoms with Crippen LogP contribution in [0.15, 0.2) is 27.8 Å². The maximum absolute atomic E-state index is 12.0. The molecule has 114 valence electrons. The van der Waals surface area contributed by atoms with Crippen molar-refractivity contribution in [2.75, 3.05) is 13.2 Å². The highest BCUT2D eigenvalue weighted by Crippen LogP contribution is 2.25. The summed E-state index contributed by atoms with van der Waals surface area (Å²) in [5.74, 6) is 0. The lowest BCUT2D eigenvalue weighted by Crippen LogP contribution is -2.28. The van der Waals surface area contributed by atoms with Gasteiger partial charge in [-0.15, -0.1) is 0 Å². The molecule has 1 aromatic heterocycles. The van der Waals surface area contributed by atoms with Gasteiger partial charge in [-0.3, -0.25) is 9.59 Å². The number of aromatic amines is 2. The molecule has 0 aliphatic rings. The SMILES string of the molecule is O=c1[nH]c2ccc(C(Br)COCC(F)(F)F)cc2[nH]c1=O. The first-order chi connectivity index (χ1) is 9.76. The fraction of sp³-hybridized carbons (Fsp3) is 0.333. The predicted molar refractivity (Wildman–Crippen MR) is 73.7 cm³/mol. The number of rotatable bonds is 4. The van der Waals surface area contributed by atoms with E-state index in [1.54, 1.807) is 18.2 Å². The summed E-state index contributed by atoms with van der Waals surface area (Å²) in [5.41, 5.74) is -0.123. The molecule has 0 amide bonds. The van der Waals surface area contributed by atoms with E-state index in [0.717, 1.165) is 0 Å². The first-order valence-electron chi connectivity index (χ1n) is 5.81. The highest BCUT2D eigenvalue weighted by Gasteiger charge is 2.27. The Bertz CT molecular complexity index is 754. The summed E-state index contributed by atoms with van der Waals surface area (Å²) < 4.78 is 40.5. The number of fused-ring (bicyclic) bond motifs is 1. The fourth-order valence-corrected chi connectivity index (χ4v) is 2.17. The van der Waals surface area contributed by atoms with Gasteiger partial charge in [-0.25, -0.2) is 0 Å². The smallest absolute Gasteiger partial charge is 0.371 e. The second-order valence-corrected chi connectivity index (χ2v) is 5.42. The number of hydrogen-bond donors (Lipinski definition) is 2. The van der Waals surface area contributed by atoms with Crippen LogP contribution in [-0.2, 0) is 4.74 Å². The standard InChI is InChI=1S/C12H10BrF3N2O3/c13-7(4-21-5-12(14,15)16)6-1-2-8-9(3-6)18-11(20)10(19)17-8/h1-3,7H,4-5H2,(H,17,19)(H,18,20). The van der Waals surface area contributed by atoms with E-state index in [4.69, 9.17) is 0 Å². The quantitative estimate of drug-likeness (QED) is 0.643. The molecule has 2 N–H and O–H groups in total. The first kappa shape index (κ1) is 15.8. The van der Waals surface area contributed by atoms with Gasteiger partial charge in [0.2, 0.25) is 0 Å². The van der Waals surface area contributed by atoms with E-state index in [0.29, 0.717) is 16.6 Å². The van der Waals surface area contributed by atoms with Gasteiger partial charge in [0.1, 0.15) is 6.61 Å². The average Bonchev–Trinajstić information content (AvgIpc) is 2.38. The number of aromatic nitrogens is 2. The fourth-order valence-electron chi connectivity index (χ4n) is 1.70. The van der Waals surface area contributed by atoms with Gasteiger partial charge in [0.25, 0.3) is 0 Å². The Kier molecular flexibility index (Phi) is 4.52. The predicted octanol–water partition coefficient (Wildman–Crippen LogP) is 2.23. The average molecular weight is 367 g/mol. The summed E-state index contributed by atoms with van der Waals surface area (Å²) in [4.78, 5) is 26.7.